The minimum absolute atomic E-state index is 0.274. The van der Waals surface area contributed by atoms with Gasteiger partial charge in [0, 0.05) is 22.3 Å². The Balaban J connectivity index is 1.92. The number of hydrogen-bond acceptors (Lipinski definition) is 5. The summed E-state index contributed by atoms with van der Waals surface area (Å²) in [6, 6.07) is 9.22. The standard InChI is InChI=1S/C14H12BrN5O2/c1-9-3-2-4-12(20-14(21)17-18-19-20)11(9)8-22-13-6-5-10(15)7-16-13/h2-7H,8H2,1H3,(H,17,19,21). The zero-order valence-electron chi connectivity index (χ0n) is 11.7. The van der Waals surface area contributed by atoms with Gasteiger partial charge in [-0.2, -0.15) is 4.68 Å². The summed E-state index contributed by atoms with van der Waals surface area (Å²) in [6.45, 7) is 2.22. The summed E-state index contributed by atoms with van der Waals surface area (Å²) < 4.78 is 7.79. The molecule has 2 heterocycles. The van der Waals surface area contributed by atoms with Crippen LogP contribution in [0.4, 0.5) is 0 Å². The van der Waals surface area contributed by atoms with E-state index < -0.39 is 5.69 Å². The average Bonchev–Trinajstić information content (AvgIpc) is 2.93. The maximum absolute atomic E-state index is 11.7. The minimum Gasteiger partial charge on any atom is -0.473 e. The lowest BCUT2D eigenvalue weighted by atomic mass is 10.1. The van der Waals surface area contributed by atoms with E-state index >= 15 is 0 Å². The van der Waals surface area contributed by atoms with Crippen LogP contribution in [0.5, 0.6) is 5.88 Å². The Labute approximate surface area is 134 Å². The molecule has 0 aliphatic heterocycles. The van der Waals surface area contributed by atoms with Crippen molar-refractivity contribution in [2.75, 3.05) is 0 Å². The van der Waals surface area contributed by atoms with Crippen molar-refractivity contribution < 1.29 is 4.74 Å². The molecule has 1 N–H and O–H groups in total. The molecule has 0 saturated carbocycles. The van der Waals surface area contributed by atoms with E-state index in [0.29, 0.717) is 11.6 Å². The lowest BCUT2D eigenvalue weighted by Crippen LogP contribution is -2.18. The Kier molecular flexibility index (Phi) is 4.01. The summed E-state index contributed by atoms with van der Waals surface area (Å²) in [5.74, 6) is 0.505. The molecule has 0 unspecified atom stereocenters. The van der Waals surface area contributed by atoms with Crippen molar-refractivity contribution in [2.45, 2.75) is 13.5 Å². The van der Waals surface area contributed by atoms with E-state index in [0.717, 1.165) is 15.6 Å². The van der Waals surface area contributed by atoms with Crippen LogP contribution in [0.25, 0.3) is 5.69 Å². The number of nitrogens with one attached hydrogen (secondary N) is 1. The van der Waals surface area contributed by atoms with E-state index in [-0.39, 0.29) is 6.61 Å². The molecule has 8 heteroatoms. The van der Waals surface area contributed by atoms with Crippen molar-refractivity contribution >= 4 is 15.9 Å². The van der Waals surface area contributed by atoms with E-state index in [2.05, 4.69) is 36.4 Å². The molecule has 0 fully saturated rings. The van der Waals surface area contributed by atoms with E-state index in [1.54, 1.807) is 18.3 Å². The van der Waals surface area contributed by atoms with Crippen molar-refractivity contribution in [3.05, 3.63) is 62.6 Å². The summed E-state index contributed by atoms with van der Waals surface area (Å²) in [5.41, 5.74) is 2.08. The first kappa shape index (κ1) is 14.5. The van der Waals surface area contributed by atoms with Crippen LogP contribution in [-0.2, 0) is 6.61 Å². The van der Waals surface area contributed by atoms with Gasteiger partial charge in [0.25, 0.3) is 0 Å². The fraction of sp³-hybridized carbons (Fsp3) is 0.143. The number of aryl methyl sites for hydroxylation is 1. The Hall–Kier alpha value is -2.48. The molecule has 0 amide bonds. The molecule has 0 aliphatic rings. The number of aromatic amines is 1. The molecule has 1 aromatic carbocycles. The number of pyridine rings is 1. The van der Waals surface area contributed by atoms with Crippen LogP contribution in [0.3, 0.4) is 0 Å². The molecule has 3 rings (SSSR count). The number of halogens is 1. The molecule has 112 valence electrons. The molecular weight excluding hydrogens is 350 g/mol. The molecule has 0 bridgehead atoms. The molecule has 0 saturated heterocycles. The van der Waals surface area contributed by atoms with Crippen LogP contribution in [0.2, 0.25) is 0 Å². The fourth-order valence-electron chi connectivity index (χ4n) is 2.02. The minimum atomic E-state index is -0.395. The summed E-state index contributed by atoms with van der Waals surface area (Å²) in [6.07, 6.45) is 1.66. The predicted octanol–water partition coefficient (Wildman–Crippen LogP) is 2.00. The Morgan fingerprint density at radius 3 is 2.86 bits per heavy atom. The second-order valence-electron chi connectivity index (χ2n) is 4.59. The summed E-state index contributed by atoms with van der Waals surface area (Å²) >= 11 is 3.32. The first-order valence-electron chi connectivity index (χ1n) is 6.49. The second-order valence-corrected chi connectivity index (χ2v) is 5.51. The van der Waals surface area contributed by atoms with Gasteiger partial charge in [0.05, 0.1) is 5.69 Å². The van der Waals surface area contributed by atoms with Crippen molar-refractivity contribution in [3.63, 3.8) is 0 Å². The quantitative estimate of drug-likeness (QED) is 0.767. The molecular formula is C14H12BrN5O2. The van der Waals surface area contributed by atoms with Crippen LogP contribution in [-0.4, -0.2) is 25.2 Å². The highest BCUT2D eigenvalue weighted by Gasteiger charge is 2.12. The van der Waals surface area contributed by atoms with Crippen LogP contribution in [0, 0.1) is 6.92 Å². The molecule has 22 heavy (non-hydrogen) atoms. The average molecular weight is 362 g/mol. The van der Waals surface area contributed by atoms with E-state index in [1.165, 1.54) is 4.68 Å². The number of ether oxygens (including phenoxy) is 1. The number of rotatable bonds is 4. The van der Waals surface area contributed by atoms with Crippen LogP contribution >= 0.6 is 15.9 Å². The topological polar surface area (TPSA) is 85.7 Å². The van der Waals surface area contributed by atoms with Crippen LogP contribution < -0.4 is 10.4 Å². The van der Waals surface area contributed by atoms with Gasteiger partial charge >= 0.3 is 5.69 Å². The van der Waals surface area contributed by atoms with E-state index in [1.807, 2.05) is 25.1 Å². The maximum Gasteiger partial charge on any atom is 0.365 e. The van der Waals surface area contributed by atoms with Crippen LogP contribution in [0.1, 0.15) is 11.1 Å². The van der Waals surface area contributed by atoms with Crippen molar-refractivity contribution in [3.8, 4) is 11.6 Å². The SMILES string of the molecule is Cc1cccc(-n2nn[nH]c2=O)c1COc1ccc(Br)cn1. The van der Waals surface area contributed by atoms with E-state index in [9.17, 15) is 4.79 Å². The first-order valence-corrected chi connectivity index (χ1v) is 7.28. The molecule has 0 spiro atoms. The lowest BCUT2D eigenvalue weighted by Gasteiger charge is -2.12. The highest BCUT2D eigenvalue weighted by molar-refractivity contribution is 9.10. The fourth-order valence-corrected chi connectivity index (χ4v) is 2.26. The first-order chi connectivity index (χ1) is 10.6. The zero-order valence-corrected chi connectivity index (χ0v) is 13.2. The predicted molar refractivity (Wildman–Crippen MR) is 83.0 cm³/mol. The third kappa shape index (κ3) is 2.91. The number of hydrogen-bond donors (Lipinski definition) is 1. The highest BCUT2D eigenvalue weighted by Crippen LogP contribution is 2.19. The maximum atomic E-state index is 11.7. The number of tetrazole rings is 1. The van der Waals surface area contributed by atoms with Gasteiger partial charge in [-0.25, -0.2) is 14.9 Å². The van der Waals surface area contributed by atoms with Crippen molar-refractivity contribution in [2.24, 2.45) is 0 Å². The summed E-state index contributed by atoms with van der Waals surface area (Å²) in [4.78, 5) is 15.9. The second kappa shape index (κ2) is 6.10. The number of aromatic nitrogens is 5. The van der Waals surface area contributed by atoms with Gasteiger partial charge in [0.15, 0.2) is 0 Å². The van der Waals surface area contributed by atoms with Gasteiger partial charge in [-0.15, -0.1) is 0 Å². The third-order valence-electron chi connectivity index (χ3n) is 3.15. The van der Waals surface area contributed by atoms with Gasteiger partial charge < -0.3 is 4.74 Å². The summed E-state index contributed by atoms with van der Waals surface area (Å²) in [7, 11) is 0. The third-order valence-corrected chi connectivity index (χ3v) is 3.62. The highest BCUT2D eigenvalue weighted by atomic mass is 79.9. The molecule has 3 aromatic rings. The molecule has 0 radical (unpaired) electrons. The molecule has 7 nitrogen and oxygen atoms in total. The number of benzene rings is 1. The molecule has 0 aliphatic carbocycles. The summed E-state index contributed by atoms with van der Waals surface area (Å²) in [5, 5.41) is 9.57. The number of H-pyrrole nitrogens is 1. The van der Waals surface area contributed by atoms with Gasteiger partial charge in [0.2, 0.25) is 5.88 Å². The zero-order chi connectivity index (χ0) is 15.5. The largest absolute Gasteiger partial charge is 0.473 e. The molecule has 2 aromatic heterocycles. The van der Waals surface area contributed by atoms with Crippen molar-refractivity contribution in [1.82, 2.24) is 25.2 Å². The van der Waals surface area contributed by atoms with Gasteiger partial charge in [-0.3, -0.25) is 0 Å². The lowest BCUT2D eigenvalue weighted by molar-refractivity contribution is 0.292. The van der Waals surface area contributed by atoms with Gasteiger partial charge in [-0.05, 0) is 51.0 Å². The Morgan fingerprint density at radius 2 is 2.18 bits per heavy atom. The van der Waals surface area contributed by atoms with Crippen molar-refractivity contribution in [1.29, 1.82) is 0 Å². The Bertz CT molecular complexity index is 841. The molecule has 0 atom stereocenters. The van der Waals surface area contributed by atoms with E-state index in [4.69, 9.17) is 4.74 Å². The van der Waals surface area contributed by atoms with Gasteiger partial charge in [-0.1, -0.05) is 12.1 Å². The van der Waals surface area contributed by atoms with Gasteiger partial charge in [0.1, 0.15) is 6.61 Å². The normalized spacial score (nSPS) is 10.6. The Morgan fingerprint density at radius 1 is 1.32 bits per heavy atom. The number of nitrogens with zero attached hydrogens (tertiary/aromatic N) is 4. The van der Waals surface area contributed by atoms with Crippen LogP contribution in [0.15, 0.2) is 45.8 Å². The smallest absolute Gasteiger partial charge is 0.365 e. The monoisotopic (exact) mass is 361 g/mol.